The molecule has 28 heavy (non-hydrogen) atoms. The van der Waals surface area contributed by atoms with Gasteiger partial charge in [0.25, 0.3) is 17.8 Å². The highest BCUT2D eigenvalue weighted by atomic mass is 15.5. The lowest BCUT2D eigenvalue weighted by atomic mass is 10.8. The van der Waals surface area contributed by atoms with Crippen LogP contribution in [0.25, 0.3) is 32.8 Å². The average Bonchev–Trinajstić information content (AvgIpc) is 3.26. The molecular formula is C10H8N18. The van der Waals surface area contributed by atoms with E-state index in [1.807, 2.05) is 0 Å². The molecule has 0 saturated carbocycles. The molecule has 138 valence electrons. The summed E-state index contributed by atoms with van der Waals surface area (Å²) in [6.45, 7) is 1.60. The fraction of sp³-hybridized carbons (Fsp3) is 0.200. The van der Waals surface area contributed by atoms with E-state index >= 15 is 0 Å². The van der Waals surface area contributed by atoms with E-state index in [0.29, 0.717) is 5.82 Å². The van der Waals surface area contributed by atoms with Crippen LogP contribution in [0.15, 0.2) is 20.2 Å². The molecule has 3 rings (SSSR count). The number of hydrogen-bond acceptors (Lipinski definition) is 12. The fourth-order valence-electron chi connectivity index (χ4n) is 1.79. The molecule has 0 fully saturated rings. The smallest absolute Gasteiger partial charge is 0.292 e. The van der Waals surface area contributed by atoms with Crippen molar-refractivity contribution in [3.05, 3.63) is 26.7 Å². The Balaban J connectivity index is 2.02. The van der Waals surface area contributed by atoms with Crippen molar-refractivity contribution >= 4 is 30.3 Å². The third-order valence-corrected chi connectivity index (χ3v) is 2.79. The number of hydrogen-bond donors (Lipinski definition) is 0. The van der Waals surface area contributed by atoms with Crippen LogP contribution in [0, 0.1) is 6.92 Å². The molecule has 0 spiro atoms. The van der Waals surface area contributed by atoms with Gasteiger partial charge in [0, 0.05) is 29.3 Å². The van der Waals surface area contributed by atoms with Gasteiger partial charge in [-0.2, -0.15) is 14.3 Å². The first-order valence-electron chi connectivity index (χ1n) is 7.20. The summed E-state index contributed by atoms with van der Waals surface area (Å²) in [6.07, 6.45) is 2.76. The molecule has 3 aromatic heterocycles. The molecule has 0 unspecified atom stereocenters. The van der Waals surface area contributed by atoms with Gasteiger partial charge in [-0.05, 0) is 28.2 Å². The van der Waals surface area contributed by atoms with Crippen molar-refractivity contribution in [2.75, 3.05) is 7.05 Å². The molecule has 18 heteroatoms. The molecular weight excluding hydrogens is 372 g/mol. The first-order valence-corrected chi connectivity index (χ1v) is 7.20. The van der Waals surface area contributed by atoms with Crippen molar-refractivity contribution in [1.82, 2.24) is 49.9 Å². The quantitative estimate of drug-likeness (QED) is 0.258. The zero-order valence-electron chi connectivity index (χ0n) is 14.2. The van der Waals surface area contributed by atoms with Crippen LogP contribution in [0.2, 0.25) is 0 Å². The lowest BCUT2D eigenvalue weighted by Gasteiger charge is -2.01. The molecule has 0 saturated heterocycles. The van der Waals surface area contributed by atoms with Gasteiger partial charge in [0.1, 0.15) is 5.82 Å². The van der Waals surface area contributed by atoms with E-state index < -0.39 is 0 Å². The maximum Gasteiger partial charge on any atom is 0.292 e. The molecule has 0 aliphatic heterocycles. The Kier molecular flexibility index (Phi) is 5.16. The van der Waals surface area contributed by atoms with E-state index in [0.717, 1.165) is 9.36 Å². The van der Waals surface area contributed by atoms with Crippen molar-refractivity contribution in [2.24, 2.45) is 20.2 Å². The number of nitrogens with zero attached hydrogens (tertiary/aromatic N) is 18. The SMILES string of the molecule is CN=CC=Nc1nc(N=[N+]=[N-])nn1-c1nnc(-n2nc(C)nc2N=[N+]=[N-])nn1. The van der Waals surface area contributed by atoms with Gasteiger partial charge in [-0.3, -0.25) is 4.99 Å². The molecule has 0 radical (unpaired) electrons. The maximum atomic E-state index is 8.59. The number of aryl methyl sites for hydroxylation is 1. The van der Waals surface area contributed by atoms with Crippen molar-refractivity contribution in [2.45, 2.75) is 6.92 Å². The van der Waals surface area contributed by atoms with Crippen LogP contribution in [0.3, 0.4) is 0 Å². The van der Waals surface area contributed by atoms with Crippen LogP contribution in [0.4, 0.5) is 17.8 Å². The van der Waals surface area contributed by atoms with Gasteiger partial charge < -0.3 is 0 Å². The Morgan fingerprint density at radius 3 is 2.11 bits per heavy atom. The van der Waals surface area contributed by atoms with Gasteiger partial charge in [-0.15, -0.1) is 30.6 Å². The van der Waals surface area contributed by atoms with Gasteiger partial charge in [0.2, 0.25) is 11.9 Å². The second-order valence-corrected chi connectivity index (χ2v) is 4.56. The second-order valence-electron chi connectivity index (χ2n) is 4.56. The minimum absolute atomic E-state index is 0.00465. The number of aliphatic imine (C=N–C) groups is 2. The molecule has 0 aliphatic rings. The Morgan fingerprint density at radius 1 is 0.857 bits per heavy atom. The van der Waals surface area contributed by atoms with Crippen molar-refractivity contribution in [1.29, 1.82) is 0 Å². The summed E-state index contributed by atoms with van der Waals surface area (Å²) in [5, 5.41) is 30.1. The molecule has 0 aliphatic carbocycles. The van der Waals surface area contributed by atoms with Crippen molar-refractivity contribution < 1.29 is 0 Å². The summed E-state index contributed by atoms with van der Waals surface area (Å²) in [6, 6.07) is 0. The van der Waals surface area contributed by atoms with E-state index in [2.05, 4.69) is 70.6 Å². The summed E-state index contributed by atoms with van der Waals surface area (Å²) in [5.41, 5.74) is 17.1. The predicted molar refractivity (Wildman–Crippen MR) is 92.4 cm³/mol. The van der Waals surface area contributed by atoms with E-state index in [4.69, 9.17) is 11.1 Å². The fourth-order valence-corrected chi connectivity index (χ4v) is 1.79. The molecule has 0 N–H and O–H groups in total. The van der Waals surface area contributed by atoms with Gasteiger partial charge in [0.05, 0.1) is 0 Å². The zero-order valence-corrected chi connectivity index (χ0v) is 14.2. The van der Waals surface area contributed by atoms with Gasteiger partial charge >= 0.3 is 0 Å². The van der Waals surface area contributed by atoms with Crippen LogP contribution in [0.5, 0.6) is 0 Å². The molecule has 3 aromatic rings. The first kappa shape index (κ1) is 18.0. The summed E-state index contributed by atoms with van der Waals surface area (Å²) in [5.74, 6) is -0.145. The first-order chi connectivity index (χ1) is 13.7. The highest BCUT2D eigenvalue weighted by Crippen LogP contribution is 2.17. The molecule has 3 heterocycles. The molecule has 0 amide bonds. The lowest BCUT2D eigenvalue weighted by Crippen LogP contribution is -2.11. The Bertz CT molecular complexity index is 1130. The van der Waals surface area contributed by atoms with Crippen LogP contribution >= 0.6 is 0 Å². The largest absolute Gasteiger partial charge is 0.295 e. The minimum atomic E-state index is -0.201. The van der Waals surface area contributed by atoms with E-state index in [1.165, 1.54) is 12.4 Å². The van der Waals surface area contributed by atoms with E-state index in [9.17, 15) is 0 Å². The lowest BCUT2D eigenvalue weighted by molar-refractivity contribution is 0.679. The summed E-state index contributed by atoms with van der Waals surface area (Å²) in [4.78, 5) is 20.9. The summed E-state index contributed by atoms with van der Waals surface area (Å²) >= 11 is 0. The van der Waals surface area contributed by atoms with Gasteiger partial charge in [-0.1, -0.05) is 0 Å². The number of azide groups is 2. The number of aromatic nitrogens is 10. The van der Waals surface area contributed by atoms with Gasteiger partial charge in [0.15, 0.2) is 0 Å². The van der Waals surface area contributed by atoms with Crippen LogP contribution in [0.1, 0.15) is 5.82 Å². The minimum Gasteiger partial charge on any atom is -0.295 e. The van der Waals surface area contributed by atoms with E-state index in [1.54, 1.807) is 14.0 Å². The average molecular weight is 380 g/mol. The van der Waals surface area contributed by atoms with E-state index in [-0.39, 0.29) is 29.7 Å². The molecule has 18 nitrogen and oxygen atoms in total. The predicted octanol–water partition coefficient (Wildman–Crippen LogP) is 1.02. The van der Waals surface area contributed by atoms with Crippen LogP contribution < -0.4 is 0 Å². The van der Waals surface area contributed by atoms with Gasteiger partial charge in [-0.25, -0.2) is 9.98 Å². The van der Waals surface area contributed by atoms with Crippen LogP contribution in [-0.2, 0) is 0 Å². The molecule has 0 atom stereocenters. The highest BCUT2D eigenvalue weighted by Gasteiger charge is 2.16. The third kappa shape index (κ3) is 3.72. The molecule has 0 aromatic carbocycles. The zero-order chi connectivity index (χ0) is 19.9. The second kappa shape index (κ2) is 8.04. The Labute approximate surface area is 154 Å². The standard InChI is InChI=1S/C10H8N18/c1-5-15-8(22-26-12)28(23-5)10-20-18-9(19-21-10)27-7(14-4-3-13-2)16-6(24-27)17-25-11/h3-4H,1-2H3. The monoisotopic (exact) mass is 380 g/mol. The maximum absolute atomic E-state index is 8.59. The topological polar surface area (TPSA) is 235 Å². The summed E-state index contributed by atoms with van der Waals surface area (Å²) in [7, 11) is 1.56. The summed E-state index contributed by atoms with van der Waals surface area (Å²) < 4.78 is 2.14. The van der Waals surface area contributed by atoms with Crippen LogP contribution in [-0.4, -0.2) is 69.4 Å². The van der Waals surface area contributed by atoms with Crippen molar-refractivity contribution in [3.8, 4) is 11.9 Å². The highest BCUT2D eigenvalue weighted by molar-refractivity contribution is 6.16. The Morgan fingerprint density at radius 2 is 1.50 bits per heavy atom. The normalized spacial score (nSPS) is 10.9. The Hall–Kier alpha value is -4.82. The third-order valence-electron chi connectivity index (χ3n) is 2.79. The number of rotatable bonds is 6. The van der Waals surface area contributed by atoms with Crippen molar-refractivity contribution in [3.63, 3.8) is 0 Å². The molecule has 0 bridgehead atoms.